The molecule has 1 N–H and O–H groups in total. The largest absolute Gasteiger partial charge is 0.448 e. The summed E-state index contributed by atoms with van der Waals surface area (Å²) in [6.45, 7) is 2.17. The number of benzene rings is 2. The summed E-state index contributed by atoms with van der Waals surface area (Å²) < 4.78 is 21.5. The van der Waals surface area contributed by atoms with Gasteiger partial charge in [0.25, 0.3) is 0 Å². The van der Waals surface area contributed by atoms with Gasteiger partial charge in [0.15, 0.2) is 5.69 Å². The van der Waals surface area contributed by atoms with Crippen molar-refractivity contribution in [2.45, 2.75) is 37.6 Å². The molecular formula is C21H20BrFN4OS. The Morgan fingerprint density at radius 2 is 2.03 bits per heavy atom. The molecule has 150 valence electrons. The highest BCUT2D eigenvalue weighted by molar-refractivity contribution is 9.10. The van der Waals surface area contributed by atoms with Gasteiger partial charge in [-0.05, 0) is 30.7 Å². The van der Waals surface area contributed by atoms with Crippen LogP contribution in [-0.2, 0) is 0 Å². The van der Waals surface area contributed by atoms with E-state index in [-0.39, 0.29) is 5.82 Å². The van der Waals surface area contributed by atoms with Crippen molar-refractivity contribution in [3.8, 4) is 17.1 Å². The van der Waals surface area contributed by atoms with E-state index in [9.17, 15) is 4.39 Å². The standard InChI is InChI=1S/C21H20BrFN4OS/c1-2-3-6-11-29-21-25-20-18(26-27-21)15-12-13(22)9-10-17(15)24-19(28-20)14-7-4-5-8-16(14)23/h4-5,7-10,12,19,24H,2-3,6,11H2,1H3/t19-/m1/s1. The maximum absolute atomic E-state index is 14.5. The van der Waals surface area contributed by atoms with Crippen LogP contribution in [-0.4, -0.2) is 20.9 Å². The predicted octanol–water partition coefficient (Wildman–Crippen LogP) is 6.23. The molecule has 29 heavy (non-hydrogen) atoms. The van der Waals surface area contributed by atoms with E-state index in [0.717, 1.165) is 34.3 Å². The second-order valence-corrected chi connectivity index (χ2v) is 8.64. The topological polar surface area (TPSA) is 59.9 Å². The summed E-state index contributed by atoms with van der Waals surface area (Å²) in [5.41, 5.74) is 2.52. The van der Waals surface area contributed by atoms with Crippen LogP contribution in [0.1, 0.15) is 38.0 Å². The molecule has 1 aromatic heterocycles. The Morgan fingerprint density at radius 3 is 2.86 bits per heavy atom. The first-order valence-corrected chi connectivity index (χ1v) is 11.3. The van der Waals surface area contributed by atoms with Crippen LogP contribution < -0.4 is 10.1 Å². The first-order valence-electron chi connectivity index (χ1n) is 9.50. The normalized spacial score (nSPS) is 14.9. The van der Waals surface area contributed by atoms with Gasteiger partial charge in [-0.2, -0.15) is 4.98 Å². The molecule has 1 aliphatic rings. The fraction of sp³-hybridized carbons (Fsp3) is 0.286. The van der Waals surface area contributed by atoms with E-state index in [1.807, 2.05) is 18.2 Å². The first kappa shape index (κ1) is 20.1. The zero-order valence-corrected chi connectivity index (χ0v) is 18.3. The van der Waals surface area contributed by atoms with Crippen LogP contribution in [0.25, 0.3) is 11.3 Å². The lowest BCUT2D eigenvalue weighted by atomic mass is 10.1. The summed E-state index contributed by atoms with van der Waals surface area (Å²) in [6.07, 6.45) is 2.70. The molecule has 0 bridgehead atoms. The number of hydrogen-bond donors (Lipinski definition) is 1. The number of ether oxygens (including phenoxy) is 1. The van der Waals surface area contributed by atoms with Gasteiger partial charge >= 0.3 is 0 Å². The average Bonchev–Trinajstić information content (AvgIpc) is 2.88. The van der Waals surface area contributed by atoms with E-state index in [1.54, 1.807) is 30.0 Å². The summed E-state index contributed by atoms with van der Waals surface area (Å²) in [7, 11) is 0. The number of thioether (sulfide) groups is 1. The Bertz CT molecular complexity index is 1020. The molecule has 8 heteroatoms. The summed E-state index contributed by atoms with van der Waals surface area (Å²) in [5, 5.41) is 12.5. The summed E-state index contributed by atoms with van der Waals surface area (Å²) in [6, 6.07) is 12.3. The SMILES string of the molecule is CCCCCSc1nnc2c(n1)O[C@H](c1ccccc1F)Nc1ccc(Br)cc1-2. The minimum absolute atomic E-state index is 0.343. The molecule has 1 atom stereocenters. The van der Waals surface area contributed by atoms with Gasteiger partial charge in [-0.25, -0.2) is 4.39 Å². The number of nitrogens with zero attached hydrogens (tertiary/aromatic N) is 3. The average molecular weight is 475 g/mol. The van der Waals surface area contributed by atoms with Crippen molar-refractivity contribution in [3.63, 3.8) is 0 Å². The van der Waals surface area contributed by atoms with E-state index < -0.39 is 6.23 Å². The Balaban J connectivity index is 1.73. The number of nitrogens with one attached hydrogen (secondary N) is 1. The highest BCUT2D eigenvalue weighted by atomic mass is 79.9. The highest BCUT2D eigenvalue weighted by Crippen LogP contribution is 2.41. The molecule has 2 aromatic carbocycles. The molecule has 1 aliphatic heterocycles. The molecule has 0 saturated heterocycles. The monoisotopic (exact) mass is 474 g/mol. The molecule has 0 spiro atoms. The third kappa shape index (κ3) is 4.53. The minimum Gasteiger partial charge on any atom is -0.448 e. The fourth-order valence-corrected chi connectivity index (χ4v) is 4.21. The lowest BCUT2D eigenvalue weighted by molar-refractivity contribution is 0.220. The van der Waals surface area contributed by atoms with Crippen molar-refractivity contribution in [1.29, 1.82) is 0 Å². The van der Waals surface area contributed by atoms with Crippen LogP contribution in [0.3, 0.4) is 0 Å². The van der Waals surface area contributed by atoms with E-state index >= 15 is 0 Å². The van der Waals surface area contributed by atoms with Crippen LogP contribution in [0.2, 0.25) is 0 Å². The molecule has 0 amide bonds. The van der Waals surface area contributed by atoms with Gasteiger partial charge in [-0.3, -0.25) is 0 Å². The number of unbranched alkanes of at least 4 members (excludes halogenated alkanes) is 2. The van der Waals surface area contributed by atoms with E-state index in [2.05, 4.69) is 43.4 Å². The highest BCUT2D eigenvalue weighted by Gasteiger charge is 2.27. The summed E-state index contributed by atoms with van der Waals surface area (Å²) >= 11 is 5.06. The van der Waals surface area contributed by atoms with Gasteiger partial charge < -0.3 is 10.1 Å². The van der Waals surface area contributed by atoms with Gasteiger partial charge in [0.05, 0.1) is 0 Å². The summed E-state index contributed by atoms with van der Waals surface area (Å²) in [5.74, 6) is 0.921. The van der Waals surface area contributed by atoms with E-state index in [1.165, 1.54) is 12.5 Å². The minimum atomic E-state index is -0.730. The molecule has 4 rings (SSSR count). The van der Waals surface area contributed by atoms with Crippen LogP contribution in [0, 0.1) is 5.82 Å². The Kier molecular flexibility index (Phi) is 6.30. The molecule has 0 aliphatic carbocycles. The van der Waals surface area contributed by atoms with E-state index in [0.29, 0.717) is 22.3 Å². The van der Waals surface area contributed by atoms with Gasteiger partial charge in [-0.1, -0.05) is 65.7 Å². The number of halogens is 2. The van der Waals surface area contributed by atoms with Crippen LogP contribution in [0.5, 0.6) is 5.88 Å². The third-order valence-electron chi connectivity index (χ3n) is 4.55. The van der Waals surface area contributed by atoms with Crippen molar-refractivity contribution >= 4 is 33.4 Å². The predicted molar refractivity (Wildman–Crippen MR) is 117 cm³/mol. The van der Waals surface area contributed by atoms with Crippen molar-refractivity contribution in [1.82, 2.24) is 15.2 Å². The number of fused-ring (bicyclic) bond motifs is 3. The maximum atomic E-state index is 14.5. The number of hydrogen-bond acceptors (Lipinski definition) is 6. The van der Waals surface area contributed by atoms with Crippen molar-refractivity contribution < 1.29 is 9.13 Å². The van der Waals surface area contributed by atoms with Gasteiger partial charge in [0.2, 0.25) is 17.3 Å². The molecule has 0 fully saturated rings. The zero-order valence-electron chi connectivity index (χ0n) is 15.9. The summed E-state index contributed by atoms with van der Waals surface area (Å²) in [4.78, 5) is 4.59. The smallest absolute Gasteiger partial charge is 0.247 e. The second-order valence-electron chi connectivity index (χ2n) is 6.66. The van der Waals surface area contributed by atoms with Crippen LogP contribution in [0.15, 0.2) is 52.1 Å². The molecular weight excluding hydrogens is 455 g/mol. The van der Waals surface area contributed by atoms with Gasteiger partial charge in [0, 0.05) is 27.0 Å². The Morgan fingerprint density at radius 1 is 1.17 bits per heavy atom. The van der Waals surface area contributed by atoms with Crippen LogP contribution in [0.4, 0.5) is 10.1 Å². The Labute approximate surface area is 181 Å². The van der Waals surface area contributed by atoms with Gasteiger partial charge in [0.1, 0.15) is 5.82 Å². The van der Waals surface area contributed by atoms with Gasteiger partial charge in [-0.15, -0.1) is 10.2 Å². The first-order chi connectivity index (χ1) is 14.2. The molecule has 2 heterocycles. The molecule has 3 aromatic rings. The Hall–Kier alpha value is -2.19. The molecule has 0 saturated carbocycles. The van der Waals surface area contributed by atoms with Crippen molar-refractivity contribution in [2.75, 3.05) is 11.1 Å². The van der Waals surface area contributed by atoms with Crippen molar-refractivity contribution in [2.24, 2.45) is 0 Å². The molecule has 5 nitrogen and oxygen atoms in total. The van der Waals surface area contributed by atoms with E-state index in [4.69, 9.17) is 4.74 Å². The van der Waals surface area contributed by atoms with Crippen molar-refractivity contribution in [3.05, 3.63) is 58.3 Å². The number of aromatic nitrogens is 3. The lowest BCUT2D eigenvalue weighted by Gasteiger charge is -2.19. The maximum Gasteiger partial charge on any atom is 0.247 e. The molecule has 0 radical (unpaired) electrons. The second kappa shape index (κ2) is 9.09. The quantitative estimate of drug-likeness (QED) is 0.337. The third-order valence-corrected chi connectivity index (χ3v) is 5.97. The zero-order chi connectivity index (χ0) is 20.2. The fourth-order valence-electron chi connectivity index (χ4n) is 3.08. The van der Waals surface area contributed by atoms with Crippen LogP contribution >= 0.6 is 27.7 Å². The number of anilines is 1. The number of rotatable bonds is 6. The molecule has 0 unspecified atom stereocenters. The lowest BCUT2D eigenvalue weighted by Crippen LogP contribution is -2.18.